The van der Waals surface area contributed by atoms with E-state index >= 15 is 0 Å². The molecule has 1 aromatic heterocycles. The normalized spacial score (nSPS) is 10.3. The van der Waals surface area contributed by atoms with Crippen molar-refractivity contribution in [2.75, 3.05) is 7.11 Å². The molecule has 0 saturated carbocycles. The first-order valence-electron chi connectivity index (χ1n) is 8.87. The Hall–Kier alpha value is -3.02. The number of nitrogens with zero attached hydrogens (tertiary/aromatic N) is 1. The molecule has 0 atom stereocenters. The molecule has 1 aromatic carbocycles. The van der Waals surface area contributed by atoms with E-state index in [1.54, 1.807) is 12.1 Å². The smallest absolute Gasteiger partial charge is 0.374 e. The van der Waals surface area contributed by atoms with Crippen molar-refractivity contribution in [2.45, 2.75) is 38.7 Å². The number of benzene rings is 1. The molecular formula is C21H23NO5. The van der Waals surface area contributed by atoms with Gasteiger partial charge in [0.25, 0.3) is 0 Å². The third-order valence-corrected chi connectivity index (χ3v) is 4.02. The van der Waals surface area contributed by atoms with E-state index in [2.05, 4.69) is 4.98 Å². The molecule has 0 amide bonds. The monoisotopic (exact) mass is 369 g/mol. The molecule has 0 N–H and O–H groups in total. The van der Waals surface area contributed by atoms with Crippen molar-refractivity contribution in [3.05, 3.63) is 59.8 Å². The Morgan fingerprint density at radius 1 is 0.926 bits per heavy atom. The SMILES string of the molecule is COc1ccc(C(=O)CCCCCC(=O)C(=O)OCc2ccccc2)cn1. The van der Waals surface area contributed by atoms with Crippen molar-refractivity contribution in [2.24, 2.45) is 0 Å². The summed E-state index contributed by atoms with van der Waals surface area (Å²) in [5.74, 6) is -0.876. The molecule has 0 aliphatic heterocycles. The van der Waals surface area contributed by atoms with Crippen LogP contribution in [0.2, 0.25) is 0 Å². The van der Waals surface area contributed by atoms with Crippen molar-refractivity contribution in [3.63, 3.8) is 0 Å². The van der Waals surface area contributed by atoms with Gasteiger partial charge in [-0.1, -0.05) is 36.8 Å². The zero-order chi connectivity index (χ0) is 19.5. The molecule has 0 aliphatic carbocycles. The maximum Gasteiger partial charge on any atom is 0.374 e. The van der Waals surface area contributed by atoms with Crippen molar-refractivity contribution in [1.29, 1.82) is 0 Å². The minimum atomic E-state index is -0.806. The Balaban J connectivity index is 1.60. The molecular weight excluding hydrogens is 346 g/mol. The zero-order valence-electron chi connectivity index (χ0n) is 15.3. The second-order valence-electron chi connectivity index (χ2n) is 6.06. The fraction of sp³-hybridized carbons (Fsp3) is 0.333. The zero-order valence-corrected chi connectivity index (χ0v) is 15.3. The van der Waals surface area contributed by atoms with Crippen LogP contribution in [0, 0.1) is 0 Å². The van der Waals surface area contributed by atoms with Gasteiger partial charge in [0.1, 0.15) is 6.61 Å². The molecule has 27 heavy (non-hydrogen) atoms. The number of Topliss-reactive ketones (excluding diaryl/α,β-unsaturated/α-hetero) is 2. The molecule has 0 unspecified atom stereocenters. The van der Waals surface area contributed by atoms with E-state index < -0.39 is 11.8 Å². The van der Waals surface area contributed by atoms with Crippen LogP contribution in [-0.2, 0) is 20.9 Å². The molecule has 1 heterocycles. The summed E-state index contributed by atoms with van der Waals surface area (Å²) in [5.41, 5.74) is 1.38. The molecule has 142 valence electrons. The predicted molar refractivity (Wildman–Crippen MR) is 99.4 cm³/mol. The van der Waals surface area contributed by atoms with E-state index in [0.29, 0.717) is 37.1 Å². The van der Waals surface area contributed by atoms with E-state index in [-0.39, 0.29) is 18.8 Å². The Labute approximate surface area is 158 Å². The Morgan fingerprint density at radius 2 is 1.67 bits per heavy atom. The Kier molecular flexibility index (Phi) is 8.16. The highest BCUT2D eigenvalue weighted by Crippen LogP contribution is 2.12. The lowest BCUT2D eigenvalue weighted by molar-refractivity contribution is -0.154. The van der Waals surface area contributed by atoms with E-state index in [1.807, 2.05) is 30.3 Å². The van der Waals surface area contributed by atoms with Crippen LogP contribution in [0.25, 0.3) is 0 Å². The second-order valence-corrected chi connectivity index (χ2v) is 6.06. The number of unbranched alkanes of at least 4 members (excludes halogenated alkanes) is 2. The molecule has 2 rings (SSSR count). The van der Waals surface area contributed by atoms with Gasteiger partial charge in [-0.15, -0.1) is 0 Å². The summed E-state index contributed by atoms with van der Waals surface area (Å²) in [5, 5.41) is 0. The van der Waals surface area contributed by atoms with Gasteiger partial charge in [0, 0.05) is 30.7 Å². The van der Waals surface area contributed by atoms with Crippen LogP contribution in [0.4, 0.5) is 0 Å². The van der Waals surface area contributed by atoms with E-state index in [4.69, 9.17) is 9.47 Å². The highest BCUT2D eigenvalue weighted by Gasteiger charge is 2.15. The average Bonchev–Trinajstić information content (AvgIpc) is 2.72. The largest absolute Gasteiger partial charge is 0.481 e. The maximum atomic E-state index is 12.0. The first-order valence-corrected chi connectivity index (χ1v) is 8.87. The molecule has 6 nitrogen and oxygen atoms in total. The van der Waals surface area contributed by atoms with Crippen LogP contribution in [0.5, 0.6) is 5.88 Å². The minimum absolute atomic E-state index is 0.00116. The van der Waals surface area contributed by atoms with Gasteiger partial charge in [-0.05, 0) is 24.5 Å². The summed E-state index contributed by atoms with van der Waals surface area (Å²) in [7, 11) is 1.52. The number of hydrogen-bond donors (Lipinski definition) is 0. The molecule has 0 radical (unpaired) electrons. The number of rotatable bonds is 11. The van der Waals surface area contributed by atoms with Gasteiger partial charge >= 0.3 is 5.97 Å². The lowest BCUT2D eigenvalue weighted by atomic mass is 10.0. The minimum Gasteiger partial charge on any atom is -0.481 e. The van der Waals surface area contributed by atoms with Gasteiger partial charge < -0.3 is 9.47 Å². The van der Waals surface area contributed by atoms with Crippen molar-refractivity contribution < 1.29 is 23.9 Å². The van der Waals surface area contributed by atoms with Crippen LogP contribution >= 0.6 is 0 Å². The van der Waals surface area contributed by atoms with Crippen LogP contribution in [-0.4, -0.2) is 29.6 Å². The lowest BCUT2D eigenvalue weighted by Gasteiger charge is -2.04. The molecule has 6 heteroatoms. The standard InChI is InChI=1S/C21H23NO5/c1-26-20-13-12-17(14-22-20)18(23)10-6-3-7-11-19(24)21(25)27-15-16-8-4-2-5-9-16/h2,4-5,8-9,12-14H,3,6-7,10-11,15H2,1H3. The number of carbonyl (C=O) groups excluding carboxylic acids is 3. The van der Waals surface area contributed by atoms with Gasteiger partial charge in [0.15, 0.2) is 5.78 Å². The van der Waals surface area contributed by atoms with Gasteiger partial charge in [-0.2, -0.15) is 0 Å². The number of ether oxygens (including phenoxy) is 2. The Bertz CT molecular complexity index is 756. The van der Waals surface area contributed by atoms with Gasteiger partial charge in [-0.25, -0.2) is 9.78 Å². The van der Waals surface area contributed by atoms with E-state index in [1.165, 1.54) is 13.3 Å². The predicted octanol–water partition coefficient (Wildman–Crippen LogP) is 3.54. The fourth-order valence-corrected chi connectivity index (χ4v) is 2.46. The summed E-state index contributed by atoms with van der Waals surface area (Å²) in [4.78, 5) is 39.5. The molecule has 0 aliphatic rings. The van der Waals surface area contributed by atoms with Crippen molar-refractivity contribution in [3.8, 4) is 5.88 Å². The summed E-state index contributed by atoms with van der Waals surface area (Å²) >= 11 is 0. The summed E-state index contributed by atoms with van der Waals surface area (Å²) in [6, 6.07) is 12.5. The number of pyridine rings is 1. The summed E-state index contributed by atoms with van der Waals surface area (Å²) in [6.45, 7) is 0.0931. The van der Waals surface area contributed by atoms with Gasteiger partial charge in [-0.3, -0.25) is 9.59 Å². The lowest BCUT2D eigenvalue weighted by Crippen LogP contribution is -2.17. The van der Waals surface area contributed by atoms with Crippen LogP contribution < -0.4 is 4.74 Å². The molecule has 2 aromatic rings. The number of ketones is 2. The van der Waals surface area contributed by atoms with E-state index in [9.17, 15) is 14.4 Å². The topological polar surface area (TPSA) is 82.6 Å². The van der Waals surface area contributed by atoms with Crippen LogP contribution in [0.1, 0.15) is 48.0 Å². The third kappa shape index (κ3) is 7.01. The van der Waals surface area contributed by atoms with Crippen molar-refractivity contribution in [1.82, 2.24) is 4.98 Å². The molecule has 0 fully saturated rings. The first-order chi connectivity index (χ1) is 13.1. The number of aromatic nitrogens is 1. The Morgan fingerprint density at radius 3 is 2.33 bits per heavy atom. The maximum absolute atomic E-state index is 12.0. The average molecular weight is 369 g/mol. The van der Waals surface area contributed by atoms with Gasteiger partial charge in [0.05, 0.1) is 7.11 Å². The number of methoxy groups -OCH3 is 1. The number of esters is 1. The highest BCUT2D eigenvalue weighted by molar-refractivity contribution is 6.33. The van der Waals surface area contributed by atoms with E-state index in [0.717, 1.165) is 5.56 Å². The number of hydrogen-bond acceptors (Lipinski definition) is 6. The highest BCUT2D eigenvalue weighted by atomic mass is 16.5. The van der Waals surface area contributed by atoms with Crippen molar-refractivity contribution >= 4 is 17.5 Å². The number of carbonyl (C=O) groups is 3. The fourth-order valence-electron chi connectivity index (χ4n) is 2.46. The molecule has 0 spiro atoms. The summed E-state index contributed by atoms with van der Waals surface area (Å²) in [6.07, 6.45) is 3.89. The molecule has 0 saturated heterocycles. The van der Waals surface area contributed by atoms with Gasteiger partial charge in [0.2, 0.25) is 11.7 Å². The quantitative estimate of drug-likeness (QED) is 0.261. The first kappa shape index (κ1) is 20.3. The summed E-state index contributed by atoms with van der Waals surface area (Å²) < 4.78 is 9.96. The second kappa shape index (κ2) is 10.9. The molecule has 0 bridgehead atoms. The van der Waals surface area contributed by atoms with Crippen LogP contribution in [0.15, 0.2) is 48.7 Å². The third-order valence-electron chi connectivity index (χ3n) is 4.02. The van der Waals surface area contributed by atoms with Crippen LogP contribution in [0.3, 0.4) is 0 Å².